The van der Waals surface area contributed by atoms with E-state index < -0.39 is 0 Å². The number of nitrogens with zero attached hydrogens (tertiary/aromatic N) is 1. The van der Waals surface area contributed by atoms with Gasteiger partial charge in [0, 0.05) is 30.0 Å². The van der Waals surface area contributed by atoms with E-state index in [0.717, 1.165) is 13.1 Å². The highest BCUT2D eigenvalue weighted by Crippen LogP contribution is 2.14. The van der Waals surface area contributed by atoms with Crippen molar-refractivity contribution in [3.05, 3.63) is 54.1 Å². The number of amides is 3. The van der Waals surface area contributed by atoms with Gasteiger partial charge in [-0.15, -0.1) is 0 Å². The number of anilines is 2. The lowest BCUT2D eigenvalue weighted by Gasteiger charge is -2.25. The minimum atomic E-state index is -0.353. The van der Waals surface area contributed by atoms with E-state index in [4.69, 9.17) is 9.47 Å². The zero-order chi connectivity index (χ0) is 22.8. The second kappa shape index (κ2) is 11.8. The normalized spacial score (nSPS) is 13.8. The van der Waals surface area contributed by atoms with Gasteiger partial charge in [0.15, 0.2) is 0 Å². The average molecular weight is 441 g/mol. The summed E-state index contributed by atoms with van der Waals surface area (Å²) in [5, 5.41) is 8.14. The predicted octanol–water partition coefficient (Wildman–Crippen LogP) is 1.72. The molecule has 0 spiro atoms. The van der Waals surface area contributed by atoms with Crippen molar-refractivity contribution in [2.24, 2.45) is 0 Å². The van der Waals surface area contributed by atoms with E-state index in [1.807, 2.05) is 11.8 Å². The van der Waals surface area contributed by atoms with Gasteiger partial charge in [0.1, 0.15) is 5.75 Å². The summed E-state index contributed by atoms with van der Waals surface area (Å²) in [5.41, 5.74) is 1.65. The zero-order valence-electron chi connectivity index (χ0n) is 18.1. The molecule has 3 N–H and O–H groups in total. The molecule has 1 aliphatic rings. The van der Waals surface area contributed by atoms with Crippen molar-refractivity contribution in [1.82, 2.24) is 10.2 Å². The second-order valence-corrected chi connectivity index (χ2v) is 7.20. The molecule has 0 unspecified atom stereocenters. The van der Waals surface area contributed by atoms with Gasteiger partial charge in [0.2, 0.25) is 11.8 Å². The summed E-state index contributed by atoms with van der Waals surface area (Å²) in [7, 11) is 0. The maximum Gasteiger partial charge on any atom is 0.251 e. The highest BCUT2D eigenvalue weighted by Gasteiger charge is 2.14. The molecule has 0 bridgehead atoms. The van der Waals surface area contributed by atoms with E-state index >= 15 is 0 Å². The van der Waals surface area contributed by atoms with Gasteiger partial charge in [-0.25, -0.2) is 0 Å². The molecule has 32 heavy (non-hydrogen) atoms. The van der Waals surface area contributed by atoms with E-state index in [0.29, 0.717) is 49.1 Å². The Bertz CT molecular complexity index is 909. The smallest absolute Gasteiger partial charge is 0.251 e. The fraction of sp³-hybridized carbons (Fsp3) is 0.348. The maximum absolute atomic E-state index is 12.2. The molecule has 3 amide bonds. The number of hydrogen-bond acceptors (Lipinski definition) is 6. The lowest BCUT2D eigenvalue weighted by Crippen LogP contribution is -2.41. The second-order valence-electron chi connectivity index (χ2n) is 7.20. The van der Waals surface area contributed by atoms with Crippen LogP contribution < -0.4 is 20.7 Å². The van der Waals surface area contributed by atoms with Crippen molar-refractivity contribution in [3.8, 4) is 5.75 Å². The molecule has 0 aromatic heterocycles. The molecule has 0 radical (unpaired) electrons. The van der Waals surface area contributed by atoms with Crippen molar-refractivity contribution in [2.75, 3.05) is 56.6 Å². The quantitative estimate of drug-likeness (QED) is 0.548. The van der Waals surface area contributed by atoms with Gasteiger partial charge in [-0.05, 0) is 55.5 Å². The first-order valence-corrected chi connectivity index (χ1v) is 10.5. The highest BCUT2D eigenvalue weighted by atomic mass is 16.5. The first-order valence-electron chi connectivity index (χ1n) is 10.5. The predicted molar refractivity (Wildman–Crippen MR) is 121 cm³/mol. The lowest BCUT2D eigenvalue weighted by molar-refractivity contribution is -0.118. The van der Waals surface area contributed by atoms with Crippen LogP contribution in [0, 0.1) is 0 Å². The highest BCUT2D eigenvalue weighted by molar-refractivity contribution is 5.99. The van der Waals surface area contributed by atoms with Gasteiger partial charge in [-0.1, -0.05) is 0 Å². The van der Waals surface area contributed by atoms with Gasteiger partial charge < -0.3 is 25.4 Å². The largest absolute Gasteiger partial charge is 0.494 e. The van der Waals surface area contributed by atoms with Crippen molar-refractivity contribution in [1.29, 1.82) is 0 Å². The molecule has 3 rings (SSSR count). The van der Waals surface area contributed by atoms with Gasteiger partial charge in [0.25, 0.3) is 5.91 Å². The Balaban J connectivity index is 1.40. The number of nitrogens with one attached hydrogen (secondary N) is 3. The van der Waals surface area contributed by atoms with Crippen LogP contribution in [0.3, 0.4) is 0 Å². The lowest BCUT2D eigenvalue weighted by atomic mass is 10.2. The SMILES string of the molecule is CCOc1ccc(C(=O)NCC(=O)Nc2ccc(NC(=O)CN3CCOCC3)cc2)cc1. The average Bonchev–Trinajstić information content (AvgIpc) is 2.80. The molecule has 170 valence electrons. The molecule has 1 heterocycles. The molecule has 2 aromatic carbocycles. The molecular weight excluding hydrogens is 412 g/mol. The number of rotatable bonds is 9. The number of ether oxygens (including phenoxy) is 2. The molecule has 1 aliphatic heterocycles. The number of carbonyl (C=O) groups excluding carboxylic acids is 3. The van der Waals surface area contributed by atoms with Crippen LogP contribution in [0.5, 0.6) is 5.75 Å². The molecule has 2 aromatic rings. The van der Waals surface area contributed by atoms with E-state index in [1.165, 1.54) is 0 Å². The van der Waals surface area contributed by atoms with Crippen LogP contribution in [-0.2, 0) is 14.3 Å². The fourth-order valence-corrected chi connectivity index (χ4v) is 3.14. The maximum atomic E-state index is 12.2. The molecule has 9 nitrogen and oxygen atoms in total. The summed E-state index contributed by atoms with van der Waals surface area (Å²) in [5.74, 6) is -0.113. The Morgan fingerprint density at radius 3 is 2.09 bits per heavy atom. The Morgan fingerprint density at radius 2 is 1.50 bits per heavy atom. The number of morpholine rings is 1. The van der Waals surface area contributed by atoms with Crippen LogP contribution in [0.2, 0.25) is 0 Å². The van der Waals surface area contributed by atoms with Crippen LogP contribution in [0.4, 0.5) is 11.4 Å². The molecule has 9 heteroatoms. The van der Waals surface area contributed by atoms with Crippen molar-refractivity contribution in [2.45, 2.75) is 6.92 Å². The zero-order valence-corrected chi connectivity index (χ0v) is 18.1. The summed E-state index contributed by atoms with van der Waals surface area (Å²) in [6.45, 7) is 5.36. The number of carbonyl (C=O) groups is 3. The molecule has 0 aliphatic carbocycles. The van der Waals surface area contributed by atoms with Gasteiger partial charge in [-0.2, -0.15) is 0 Å². The summed E-state index contributed by atoms with van der Waals surface area (Å²) in [6.07, 6.45) is 0. The Kier molecular flexibility index (Phi) is 8.59. The Hall–Kier alpha value is -3.43. The fourth-order valence-electron chi connectivity index (χ4n) is 3.14. The van der Waals surface area contributed by atoms with E-state index in [1.54, 1.807) is 48.5 Å². The molecule has 0 saturated carbocycles. The molecule has 0 atom stereocenters. The minimum absolute atomic E-state index is 0.0966. The number of hydrogen-bond donors (Lipinski definition) is 3. The van der Waals surface area contributed by atoms with Crippen LogP contribution in [0.15, 0.2) is 48.5 Å². The van der Waals surface area contributed by atoms with Crippen LogP contribution >= 0.6 is 0 Å². The monoisotopic (exact) mass is 440 g/mol. The van der Waals surface area contributed by atoms with Crippen molar-refractivity contribution >= 4 is 29.1 Å². The first-order chi connectivity index (χ1) is 15.5. The van der Waals surface area contributed by atoms with Gasteiger partial charge in [0.05, 0.1) is 32.9 Å². The van der Waals surface area contributed by atoms with Crippen molar-refractivity contribution < 1.29 is 23.9 Å². The van der Waals surface area contributed by atoms with Crippen LogP contribution in [-0.4, -0.2) is 68.6 Å². The first kappa shape index (κ1) is 23.2. The number of benzene rings is 2. The third-order valence-electron chi connectivity index (χ3n) is 4.76. The van der Waals surface area contributed by atoms with Crippen LogP contribution in [0.1, 0.15) is 17.3 Å². The van der Waals surface area contributed by atoms with E-state index in [2.05, 4.69) is 16.0 Å². The summed E-state index contributed by atoms with van der Waals surface area (Å²) in [4.78, 5) is 38.5. The third kappa shape index (κ3) is 7.36. The Morgan fingerprint density at radius 1 is 0.906 bits per heavy atom. The Labute approximate surface area is 187 Å². The minimum Gasteiger partial charge on any atom is -0.494 e. The van der Waals surface area contributed by atoms with E-state index in [-0.39, 0.29) is 24.3 Å². The van der Waals surface area contributed by atoms with Crippen molar-refractivity contribution in [3.63, 3.8) is 0 Å². The van der Waals surface area contributed by atoms with Crippen LogP contribution in [0.25, 0.3) is 0 Å². The van der Waals surface area contributed by atoms with Gasteiger partial charge >= 0.3 is 0 Å². The molecule has 1 saturated heterocycles. The van der Waals surface area contributed by atoms with Gasteiger partial charge in [-0.3, -0.25) is 19.3 Å². The molecular formula is C23H28N4O5. The topological polar surface area (TPSA) is 109 Å². The molecule has 1 fully saturated rings. The summed E-state index contributed by atoms with van der Waals surface area (Å²) < 4.78 is 10.6. The third-order valence-corrected chi connectivity index (χ3v) is 4.76. The summed E-state index contributed by atoms with van der Waals surface area (Å²) in [6, 6.07) is 13.5. The summed E-state index contributed by atoms with van der Waals surface area (Å²) >= 11 is 0. The van der Waals surface area contributed by atoms with E-state index in [9.17, 15) is 14.4 Å². The standard InChI is InChI=1S/C23H28N4O5/c1-2-32-20-9-3-17(4-10-20)23(30)24-15-21(28)25-18-5-7-19(8-6-18)26-22(29)16-27-11-13-31-14-12-27/h3-10H,2,11-16H2,1H3,(H,24,30)(H,25,28)(H,26,29).